The van der Waals surface area contributed by atoms with Gasteiger partial charge in [-0.2, -0.15) is 0 Å². The van der Waals surface area contributed by atoms with Gasteiger partial charge < -0.3 is 14.4 Å². The Bertz CT molecular complexity index is 1280. The van der Waals surface area contributed by atoms with E-state index in [9.17, 15) is 9.59 Å². The molecule has 0 bridgehead atoms. The van der Waals surface area contributed by atoms with Crippen LogP contribution in [0.5, 0.6) is 11.5 Å². The number of nitrogens with zero attached hydrogens (tertiary/aromatic N) is 3. The van der Waals surface area contributed by atoms with Gasteiger partial charge in [-0.15, -0.1) is 22.7 Å². The van der Waals surface area contributed by atoms with E-state index in [0.717, 1.165) is 10.6 Å². The average molecular weight is 454 g/mol. The van der Waals surface area contributed by atoms with Gasteiger partial charge in [0.25, 0.3) is 5.56 Å². The first-order valence-corrected chi connectivity index (χ1v) is 11.6. The number of hydrogen-bond donors (Lipinski definition) is 0. The summed E-state index contributed by atoms with van der Waals surface area (Å²) in [5.74, 6) is 1.23. The van der Waals surface area contributed by atoms with E-state index in [-0.39, 0.29) is 24.4 Å². The minimum Gasteiger partial charge on any atom is -0.486 e. The molecule has 3 aromatic heterocycles. The molecular weight excluding hydrogens is 434 g/mol. The lowest BCUT2D eigenvalue weighted by Gasteiger charge is -2.25. The maximum absolute atomic E-state index is 13.3. The van der Waals surface area contributed by atoms with E-state index in [1.54, 1.807) is 22.3 Å². The van der Waals surface area contributed by atoms with Crippen molar-refractivity contribution in [3.05, 3.63) is 68.7 Å². The van der Waals surface area contributed by atoms with Gasteiger partial charge in [0.1, 0.15) is 18.0 Å². The SMILES string of the molecule is O=C(CCn1cnc2sccc2c1=O)N(Cc1cccs1)c1ccc2c(c1)OCCO2. The lowest BCUT2D eigenvalue weighted by molar-refractivity contribution is -0.119. The lowest BCUT2D eigenvalue weighted by Crippen LogP contribution is -2.32. The van der Waals surface area contributed by atoms with Gasteiger partial charge in [0.2, 0.25) is 5.91 Å². The van der Waals surface area contributed by atoms with E-state index in [1.807, 2.05) is 41.1 Å². The molecule has 0 saturated heterocycles. The number of amides is 1. The number of anilines is 1. The Morgan fingerprint density at radius 1 is 1.10 bits per heavy atom. The zero-order chi connectivity index (χ0) is 21.2. The highest BCUT2D eigenvalue weighted by Crippen LogP contribution is 2.35. The minimum atomic E-state index is -0.122. The summed E-state index contributed by atoms with van der Waals surface area (Å²) >= 11 is 3.03. The largest absolute Gasteiger partial charge is 0.486 e. The fraction of sp³-hybridized carbons (Fsp3) is 0.227. The Morgan fingerprint density at radius 3 is 2.81 bits per heavy atom. The maximum atomic E-state index is 13.3. The molecule has 0 unspecified atom stereocenters. The van der Waals surface area contributed by atoms with Crippen LogP contribution in [-0.4, -0.2) is 28.7 Å². The van der Waals surface area contributed by atoms with Crippen LogP contribution in [0.4, 0.5) is 5.69 Å². The standard InChI is InChI=1S/C22H19N3O4S2/c26-20(5-7-24-14-23-21-17(22(24)27)6-11-31-21)25(13-16-2-1-10-30-16)15-3-4-18-19(12-15)29-9-8-28-18/h1-4,6,10-12,14H,5,7-9,13H2. The first-order valence-electron chi connectivity index (χ1n) is 9.84. The first kappa shape index (κ1) is 19.8. The highest BCUT2D eigenvalue weighted by Gasteiger charge is 2.20. The predicted molar refractivity (Wildman–Crippen MR) is 121 cm³/mol. The van der Waals surface area contributed by atoms with Gasteiger partial charge in [-0.05, 0) is 35.0 Å². The molecule has 1 aliphatic rings. The molecule has 31 heavy (non-hydrogen) atoms. The van der Waals surface area contributed by atoms with Crippen molar-refractivity contribution in [2.45, 2.75) is 19.5 Å². The Balaban J connectivity index is 1.39. The first-order chi connectivity index (χ1) is 15.2. The summed E-state index contributed by atoms with van der Waals surface area (Å²) < 4.78 is 12.8. The van der Waals surface area contributed by atoms with Gasteiger partial charge in [-0.3, -0.25) is 14.2 Å². The molecule has 158 valence electrons. The minimum absolute atomic E-state index is 0.0811. The van der Waals surface area contributed by atoms with Gasteiger partial charge in [-0.25, -0.2) is 4.98 Å². The summed E-state index contributed by atoms with van der Waals surface area (Å²) in [5.41, 5.74) is 0.615. The topological polar surface area (TPSA) is 73.7 Å². The molecule has 0 aliphatic carbocycles. The molecule has 0 radical (unpaired) electrons. The smallest absolute Gasteiger partial charge is 0.262 e. The Morgan fingerprint density at radius 2 is 1.97 bits per heavy atom. The summed E-state index contributed by atoms with van der Waals surface area (Å²) in [4.78, 5) is 33.7. The van der Waals surface area contributed by atoms with E-state index >= 15 is 0 Å². The van der Waals surface area contributed by atoms with E-state index < -0.39 is 0 Å². The van der Waals surface area contributed by atoms with Crippen molar-refractivity contribution in [1.29, 1.82) is 0 Å². The highest BCUT2D eigenvalue weighted by molar-refractivity contribution is 7.16. The second-order valence-corrected chi connectivity index (χ2v) is 8.95. The number of aromatic nitrogens is 2. The molecule has 0 saturated carbocycles. The Labute approximate surface area is 186 Å². The number of hydrogen-bond acceptors (Lipinski definition) is 7. The number of thiophene rings is 2. The van der Waals surface area contributed by atoms with Crippen molar-refractivity contribution in [2.75, 3.05) is 18.1 Å². The summed E-state index contributed by atoms with van der Waals surface area (Å²) in [6.45, 7) is 1.71. The fourth-order valence-corrected chi connectivity index (χ4v) is 4.90. The molecule has 5 rings (SSSR count). The number of carbonyl (C=O) groups excluding carboxylic acids is 1. The van der Waals surface area contributed by atoms with E-state index in [2.05, 4.69) is 4.98 Å². The summed E-state index contributed by atoms with van der Waals surface area (Å²) in [7, 11) is 0. The molecule has 0 atom stereocenters. The molecule has 4 aromatic rings. The number of fused-ring (bicyclic) bond motifs is 2. The zero-order valence-corrected chi connectivity index (χ0v) is 18.2. The predicted octanol–water partition coefficient (Wildman–Crippen LogP) is 3.91. The third kappa shape index (κ3) is 4.06. The van der Waals surface area contributed by atoms with Crippen LogP contribution in [0.1, 0.15) is 11.3 Å². The van der Waals surface area contributed by atoms with Crippen molar-refractivity contribution >= 4 is 44.5 Å². The summed E-state index contributed by atoms with van der Waals surface area (Å²) in [6.07, 6.45) is 1.69. The van der Waals surface area contributed by atoms with Crippen LogP contribution in [-0.2, 0) is 17.9 Å². The fourth-order valence-electron chi connectivity index (χ4n) is 3.49. The third-order valence-electron chi connectivity index (χ3n) is 5.05. The van der Waals surface area contributed by atoms with Crippen LogP contribution < -0.4 is 19.9 Å². The number of aryl methyl sites for hydroxylation is 1. The van der Waals surface area contributed by atoms with Crippen LogP contribution in [0.3, 0.4) is 0 Å². The molecule has 0 fully saturated rings. The van der Waals surface area contributed by atoms with E-state index in [0.29, 0.717) is 41.5 Å². The summed E-state index contributed by atoms with van der Waals surface area (Å²) in [6, 6.07) is 11.3. The highest BCUT2D eigenvalue weighted by atomic mass is 32.1. The number of rotatable bonds is 6. The molecule has 1 aromatic carbocycles. The monoisotopic (exact) mass is 453 g/mol. The van der Waals surface area contributed by atoms with Crippen molar-refractivity contribution in [3.63, 3.8) is 0 Å². The third-order valence-corrected chi connectivity index (χ3v) is 6.73. The Hall–Kier alpha value is -3.17. The average Bonchev–Trinajstić information content (AvgIpc) is 3.49. The molecule has 0 spiro atoms. The molecular formula is C22H19N3O4S2. The van der Waals surface area contributed by atoms with Crippen LogP contribution in [0.15, 0.2) is 58.3 Å². The van der Waals surface area contributed by atoms with Crippen LogP contribution >= 0.6 is 22.7 Å². The van der Waals surface area contributed by atoms with Gasteiger partial charge >= 0.3 is 0 Å². The molecule has 7 nitrogen and oxygen atoms in total. The van der Waals surface area contributed by atoms with E-state index in [1.165, 1.54) is 22.2 Å². The quantitative estimate of drug-likeness (QED) is 0.443. The molecule has 4 heterocycles. The van der Waals surface area contributed by atoms with Crippen LogP contribution in [0, 0.1) is 0 Å². The number of benzene rings is 1. The van der Waals surface area contributed by atoms with Crippen LogP contribution in [0.2, 0.25) is 0 Å². The van der Waals surface area contributed by atoms with Crippen molar-refractivity contribution in [2.24, 2.45) is 0 Å². The van der Waals surface area contributed by atoms with Gasteiger partial charge in [-0.1, -0.05) is 6.07 Å². The van der Waals surface area contributed by atoms with Gasteiger partial charge in [0.05, 0.1) is 18.3 Å². The van der Waals surface area contributed by atoms with Gasteiger partial charge in [0, 0.05) is 29.6 Å². The molecule has 0 N–H and O–H groups in total. The summed E-state index contributed by atoms with van der Waals surface area (Å²) in [5, 5.41) is 4.42. The lowest BCUT2D eigenvalue weighted by atomic mass is 10.2. The van der Waals surface area contributed by atoms with Crippen molar-refractivity contribution in [3.8, 4) is 11.5 Å². The maximum Gasteiger partial charge on any atom is 0.262 e. The normalized spacial score (nSPS) is 12.8. The van der Waals surface area contributed by atoms with E-state index in [4.69, 9.17) is 9.47 Å². The second kappa shape index (κ2) is 8.52. The number of ether oxygens (including phenoxy) is 2. The Kier molecular flexibility index (Phi) is 5.44. The zero-order valence-electron chi connectivity index (χ0n) is 16.5. The molecule has 1 amide bonds. The van der Waals surface area contributed by atoms with Crippen LogP contribution in [0.25, 0.3) is 10.2 Å². The molecule has 9 heteroatoms. The number of carbonyl (C=O) groups is 1. The molecule has 1 aliphatic heterocycles. The van der Waals surface area contributed by atoms with Gasteiger partial charge in [0.15, 0.2) is 11.5 Å². The van der Waals surface area contributed by atoms with Crippen molar-refractivity contribution in [1.82, 2.24) is 9.55 Å². The van der Waals surface area contributed by atoms with Crippen molar-refractivity contribution < 1.29 is 14.3 Å². The second-order valence-electron chi connectivity index (χ2n) is 7.02.